The normalized spacial score (nSPS) is 9.64. The Bertz CT molecular complexity index is 361. The van der Waals surface area contributed by atoms with Crippen molar-refractivity contribution in [3.05, 3.63) is 23.3 Å². The average Bonchev–Trinajstić information content (AvgIpc) is 2.19. The van der Waals surface area contributed by atoms with Gasteiger partial charge in [-0.2, -0.15) is 0 Å². The Morgan fingerprint density at radius 3 is 2.50 bits per heavy atom. The first-order valence-electron chi connectivity index (χ1n) is 4.13. The number of ether oxygens (including phenoxy) is 2. The number of carbonyl (C=O) groups excluding carboxylic acids is 1. The van der Waals surface area contributed by atoms with E-state index in [9.17, 15) is 4.79 Å². The molecular weight excluding hydrogens is 182 g/mol. The van der Waals surface area contributed by atoms with Crippen LogP contribution >= 0.6 is 0 Å². The third-order valence-electron chi connectivity index (χ3n) is 1.99. The number of hydrogen-bond acceptors (Lipinski definition) is 4. The van der Waals surface area contributed by atoms with Gasteiger partial charge in [0.25, 0.3) is 0 Å². The molecule has 0 saturated heterocycles. The highest BCUT2D eigenvalue weighted by Gasteiger charge is 2.17. The van der Waals surface area contributed by atoms with Crippen molar-refractivity contribution in [1.29, 1.82) is 0 Å². The highest BCUT2D eigenvalue weighted by Crippen LogP contribution is 2.29. The third-order valence-corrected chi connectivity index (χ3v) is 1.99. The SMILES string of the molecule is COC(=O)c1c(C)ccc(N)c1OC. The molecule has 1 aromatic carbocycles. The van der Waals surface area contributed by atoms with Gasteiger partial charge in [-0.25, -0.2) is 4.79 Å². The Kier molecular flexibility index (Phi) is 2.96. The van der Waals surface area contributed by atoms with Crippen LogP contribution in [-0.4, -0.2) is 20.2 Å². The summed E-state index contributed by atoms with van der Waals surface area (Å²) in [6.45, 7) is 1.80. The largest absolute Gasteiger partial charge is 0.494 e. The number of hydrogen-bond donors (Lipinski definition) is 1. The summed E-state index contributed by atoms with van der Waals surface area (Å²) in [7, 11) is 2.79. The van der Waals surface area contributed by atoms with Crippen LogP contribution in [0.1, 0.15) is 15.9 Å². The summed E-state index contributed by atoms with van der Waals surface area (Å²) < 4.78 is 9.69. The van der Waals surface area contributed by atoms with E-state index in [0.29, 0.717) is 17.0 Å². The zero-order chi connectivity index (χ0) is 10.7. The molecule has 76 valence electrons. The Balaban J connectivity index is 3.37. The van der Waals surface area contributed by atoms with Gasteiger partial charge in [0.05, 0.1) is 19.9 Å². The van der Waals surface area contributed by atoms with Gasteiger partial charge in [-0.1, -0.05) is 6.07 Å². The molecule has 4 heteroatoms. The molecule has 0 aliphatic rings. The molecule has 0 aliphatic carbocycles. The summed E-state index contributed by atoms with van der Waals surface area (Å²) in [5, 5.41) is 0. The fourth-order valence-electron chi connectivity index (χ4n) is 1.27. The van der Waals surface area contributed by atoms with Gasteiger partial charge in [-0.15, -0.1) is 0 Å². The van der Waals surface area contributed by atoms with E-state index in [0.717, 1.165) is 5.56 Å². The Morgan fingerprint density at radius 2 is 2.00 bits per heavy atom. The van der Waals surface area contributed by atoms with Crippen LogP contribution in [0.25, 0.3) is 0 Å². The van der Waals surface area contributed by atoms with Gasteiger partial charge < -0.3 is 15.2 Å². The first-order chi connectivity index (χ1) is 6.61. The topological polar surface area (TPSA) is 61.5 Å². The molecule has 2 N–H and O–H groups in total. The molecule has 0 aromatic heterocycles. The summed E-state index contributed by atoms with van der Waals surface area (Å²) in [5.74, 6) is -0.0662. The summed E-state index contributed by atoms with van der Waals surface area (Å²) in [6, 6.07) is 3.45. The van der Waals surface area contributed by atoms with Gasteiger partial charge in [-0.05, 0) is 18.6 Å². The van der Waals surface area contributed by atoms with Crippen LogP contribution < -0.4 is 10.5 Å². The quantitative estimate of drug-likeness (QED) is 0.572. The molecule has 4 nitrogen and oxygen atoms in total. The smallest absolute Gasteiger partial charge is 0.341 e. The van der Waals surface area contributed by atoms with E-state index in [1.807, 2.05) is 0 Å². The number of methoxy groups -OCH3 is 2. The molecule has 0 fully saturated rings. The van der Waals surface area contributed by atoms with Crippen molar-refractivity contribution in [3.63, 3.8) is 0 Å². The number of rotatable bonds is 2. The molecule has 1 rings (SSSR count). The van der Waals surface area contributed by atoms with Crippen molar-refractivity contribution in [3.8, 4) is 5.75 Å². The molecule has 0 bridgehead atoms. The lowest BCUT2D eigenvalue weighted by Gasteiger charge is -2.11. The maximum atomic E-state index is 11.4. The Hall–Kier alpha value is -1.71. The van der Waals surface area contributed by atoms with E-state index in [1.54, 1.807) is 19.1 Å². The molecule has 1 aromatic rings. The van der Waals surface area contributed by atoms with Crippen LogP contribution in [0.4, 0.5) is 5.69 Å². The molecule has 0 aliphatic heterocycles. The number of benzene rings is 1. The summed E-state index contributed by atoms with van der Waals surface area (Å²) in [6.07, 6.45) is 0. The van der Waals surface area contributed by atoms with Gasteiger partial charge >= 0.3 is 5.97 Å². The minimum absolute atomic E-state index is 0.372. The third kappa shape index (κ3) is 1.64. The predicted molar refractivity (Wildman–Crippen MR) is 53.5 cm³/mol. The maximum Gasteiger partial charge on any atom is 0.341 e. The second-order valence-corrected chi connectivity index (χ2v) is 2.87. The molecule has 0 unspecified atom stereocenters. The van der Waals surface area contributed by atoms with Crippen LogP contribution in [0.3, 0.4) is 0 Å². The number of nitrogens with two attached hydrogens (primary N) is 1. The number of nitrogen functional groups attached to an aromatic ring is 1. The second-order valence-electron chi connectivity index (χ2n) is 2.87. The lowest BCUT2D eigenvalue weighted by Crippen LogP contribution is -2.08. The number of esters is 1. The van der Waals surface area contributed by atoms with E-state index in [-0.39, 0.29) is 0 Å². The molecular formula is C10H13NO3. The van der Waals surface area contributed by atoms with Crippen molar-refractivity contribution in [2.75, 3.05) is 20.0 Å². The molecule has 0 amide bonds. The molecule has 0 atom stereocenters. The lowest BCUT2D eigenvalue weighted by atomic mass is 10.1. The average molecular weight is 195 g/mol. The minimum Gasteiger partial charge on any atom is -0.494 e. The van der Waals surface area contributed by atoms with Crippen molar-refractivity contribution in [2.45, 2.75) is 6.92 Å². The highest BCUT2D eigenvalue weighted by atomic mass is 16.5. The lowest BCUT2D eigenvalue weighted by molar-refractivity contribution is 0.0596. The van der Waals surface area contributed by atoms with Crippen molar-refractivity contribution in [2.24, 2.45) is 0 Å². The number of aryl methyl sites for hydroxylation is 1. The summed E-state index contributed by atoms with van der Waals surface area (Å²) in [5.41, 5.74) is 7.25. The van der Waals surface area contributed by atoms with Gasteiger partial charge in [0.2, 0.25) is 0 Å². The van der Waals surface area contributed by atoms with Crippen LogP contribution in [0, 0.1) is 6.92 Å². The molecule has 0 radical (unpaired) electrons. The Labute approximate surface area is 82.6 Å². The zero-order valence-corrected chi connectivity index (χ0v) is 8.46. The van der Waals surface area contributed by atoms with E-state index in [1.165, 1.54) is 14.2 Å². The fourth-order valence-corrected chi connectivity index (χ4v) is 1.27. The van der Waals surface area contributed by atoms with Gasteiger partial charge in [0.1, 0.15) is 5.56 Å². The molecule has 0 saturated carbocycles. The van der Waals surface area contributed by atoms with Gasteiger partial charge in [0, 0.05) is 0 Å². The van der Waals surface area contributed by atoms with E-state index >= 15 is 0 Å². The minimum atomic E-state index is -0.438. The fraction of sp³-hybridized carbons (Fsp3) is 0.300. The van der Waals surface area contributed by atoms with Crippen molar-refractivity contribution >= 4 is 11.7 Å². The summed E-state index contributed by atoms with van der Waals surface area (Å²) >= 11 is 0. The monoisotopic (exact) mass is 195 g/mol. The van der Waals surface area contributed by atoms with E-state index in [4.69, 9.17) is 10.5 Å². The van der Waals surface area contributed by atoms with E-state index < -0.39 is 5.97 Å². The maximum absolute atomic E-state index is 11.4. The second kappa shape index (κ2) is 4.00. The number of anilines is 1. The molecule has 0 spiro atoms. The van der Waals surface area contributed by atoms with Crippen LogP contribution in [0.5, 0.6) is 5.75 Å². The van der Waals surface area contributed by atoms with Gasteiger partial charge in [0.15, 0.2) is 5.75 Å². The van der Waals surface area contributed by atoms with E-state index in [2.05, 4.69) is 4.74 Å². The highest BCUT2D eigenvalue weighted by molar-refractivity contribution is 5.96. The predicted octanol–water partition coefficient (Wildman–Crippen LogP) is 1.37. The zero-order valence-electron chi connectivity index (χ0n) is 8.46. The van der Waals surface area contributed by atoms with Crippen molar-refractivity contribution < 1.29 is 14.3 Å². The molecule has 0 heterocycles. The van der Waals surface area contributed by atoms with Gasteiger partial charge in [-0.3, -0.25) is 0 Å². The first kappa shape index (κ1) is 10.4. The van der Waals surface area contributed by atoms with Crippen LogP contribution in [0.2, 0.25) is 0 Å². The Morgan fingerprint density at radius 1 is 1.36 bits per heavy atom. The summed E-state index contributed by atoms with van der Waals surface area (Å²) in [4.78, 5) is 11.4. The van der Waals surface area contributed by atoms with Crippen molar-refractivity contribution in [1.82, 2.24) is 0 Å². The number of carbonyl (C=O) groups is 1. The van der Waals surface area contributed by atoms with Crippen LogP contribution in [-0.2, 0) is 4.74 Å². The van der Waals surface area contributed by atoms with Crippen LogP contribution in [0.15, 0.2) is 12.1 Å². The standard InChI is InChI=1S/C10H13NO3/c1-6-4-5-7(11)9(13-2)8(6)10(12)14-3/h4-5H,11H2,1-3H3. The first-order valence-corrected chi connectivity index (χ1v) is 4.13. The molecule has 14 heavy (non-hydrogen) atoms.